The maximum Gasteiger partial charge on any atom is 0.128 e. The van der Waals surface area contributed by atoms with Crippen LogP contribution in [0.2, 0.25) is 0 Å². The molecule has 0 fully saturated rings. The molecule has 2 N–H and O–H groups in total. The molecule has 21 heavy (non-hydrogen) atoms. The van der Waals surface area contributed by atoms with E-state index >= 15 is 0 Å². The van der Waals surface area contributed by atoms with Gasteiger partial charge in [0.1, 0.15) is 11.6 Å². The standard InChI is InChI=1S/C17H21FN2O/c1-20(12-15-5-3-4-6-17(15)21-2)11-14-8-7-13(10-19)9-16(14)18/h3-9H,10-12,19H2,1-2H3. The van der Waals surface area contributed by atoms with Gasteiger partial charge in [0, 0.05) is 30.8 Å². The molecule has 0 aliphatic carbocycles. The summed E-state index contributed by atoms with van der Waals surface area (Å²) in [5, 5.41) is 0. The minimum Gasteiger partial charge on any atom is -0.496 e. The molecule has 3 nitrogen and oxygen atoms in total. The van der Waals surface area contributed by atoms with Gasteiger partial charge in [-0.2, -0.15) is 0 Å². The molecule has 0 atom stereocenters. The zero-order valence-electron chi connectivity index (χ0n) is 12.5. The average molecular weight is 288 g/mol. The first-order chi connectivity index (χ1) is 10.1. The first kappa shape index (κ1) is 15.5. The Balaban J connectivity index is 2.06. The van der Waals surface area contributed by atoms with E-state index in [1.165, 1.54) is 6.07 Å². The van der Waals surface area contributed by atoms with Gasteiger partial charge in [0.25, 0.3) is 0 Å². The Hall–Kier alpha value is -1.91. The van der Waals surface area contributed by atoms with Crippen LogP contribution in [0.15, 0.2) is 42.5 Å². The van der Waals surface area contributed by atoms with Gasteiger partial charge in [-0.15, -0.1) is 0 Å². The molecule has 0 aromatic heterocycles. The van der Waals surface area contributed by atoms with E-state index < -0.39 is 0 Å². The van der Waals surface area contributed by atoms with E-state index in [1.54, 1.807) is 13.2 Å². The fourth-order valence-electron chi connectivity index (χ4n) is 2.32. The van der Waals surface area contributed by atoms with Gasteiger partial charge < -0.3 is 10.5 Å². The monoisotopic (exact) mass is 288 g/mol. The third-order valence-electron chi connectivity index (χ3n) is 3.43. The topological polar surface area (TPSA) is 38.5 Å². The highest BCUT2D eigenvalue weighted by molar-refractivity contribution is 5.33. The van der Waals surface area contributed by atoms with Crippen LogP contribution in [0.1, 0.15) is 16.7 Å². The molecule has 0 amide bonds. The quantitative estimate of drug-likeness (QED) is 0.888. The van der Waals surface area contributed by atoms with E-state index in [-0.39, 0.29) is 5.82 Å². The summed E-state index contributed by atoms with van der Waals surface area (Å²) < 4.78 is 19.3. The Kier molecular flexibility index (Phi) is 5.31. The van der Waals surface area contributed by atoms with Gasteiger partial charge in [0.2, 0.25) is 0 Å². The first-order valence-electron chi connectivity index (χ1n) is 6.92. The van der Waals surface area contributed by atoms with Crippen LogP contribution in [0.4, 0.5) is 4.39 Å². The Morgan fingerprint density at radius 3 is 2.48 bits per heavy atom. The van der Waals surface area contributed by atoms with Gasteiger partial charge in [0.05, 0.1) is 7.11 Å². The fraction of sp³-hybridized carbons (Fsp3) is 0.294. The number of benzene rings is 2. The van der Waals surface area contributed by atoms with E-state index in [0.29, 0.717) is 25.2 Å². The van der Waals surface area contributed by atoms with Gasteiger partial charge >= 0.3 is 0 Å². The number of para-hydroxylation sites is 1. The van der Waals surface area contributed by atoms with Crippen LogP contribution in [0.5, 0.6) is 5.75 Å². The smallest absolute Gasteiger partial charge is 0.128 e. The second-order valence-corrected chi connectivity index (χ2v) is 5.11. The number of halogens is 1. The largest absolute Gasteiger partial charge is 0.496 e. The highest BCUT2D eigenvalue weighted by Gasteiger charge is 2.09. The molecule has 0 spiro atoms. The maximum atomic E-state index is 14.0. The zero-order chi connectivity index (χ0) is 15.2. The Bertz CT molecular complexity index is 601. The summed E-state index contributed by atoms with van der Waals surface area (Å²) in [6, 6.07) is 13.0. The van der Waals surface area contributed by atoms with E-state index in [0.717, 1.165) is 16.9 Å². The van der Waals surface area contributed by atoms with Crippen LogP contribution in [0, 0.1) is 5.82 Å². The molecule has 2 rings (SSSR count). The first-order valence-corrected chi connectivity index (χ1v) is 6.92. The summed E-state index contributed by atoms with van der Waals surface area (Å²) in [6.07, 6.45) is 0. The summed E-state index contributed by atoms with van der Waals surface area (Å²) in [7, 11) is 3.62. The SMILES string of the molecule is COc1ccccc1CN(C)Cc1ccc(CN)cc1F. The van der Waals surface area contributed by atoms with Crippen LogP contribution in [-0.4, -0.2) is 19.1 Å². The second-order valence-electron chi connectivity index (χ2n) is 5.11. The molecule has 112 valence electrons. The van der Waals surface area contributed by atoms with Crippen molar-refractivity contribution in [3.63, 3.8) is 0 Å². The summed E-state index contributed by atoms with van der Waals surface area (Å²) >= 11 is 0. The van der Waals surface area contributed by atoms with Gasteiger partial charge in [-0.25, -0.2) is 4.39 Å². The van der Waals surface area contributed by atoms with Crippen molar-refractivity contribution in [3.8, 4) is 5.75 Å². The summed E-state index contributed by atoms with van der Waals surface area (Å²) in [5.74, 6) is 0.646. The molecule has 0 radical (unpaired) electrons. The lowest BCUT2D eigenvalue weighted by Gasteiger charge is -2.19. The number of ether oxygens (including phenoxy) is 1. The number of hydrogen-bond acceptors (Lipinski definition) is 3. The molecular formula is C17H21FN2O. The molecular weight excluding hydrogens is 267 g/mol. The van der Waals surface area contributed by atoms with Crippen molar-refractivity contribution < 1.29 is 9.13 Å². The maximum absolute atomic E-state index is 14.0. The Morgan fingerprint density at radius 2 is 1.81 bits per heavy atom. The number of methoxy groups -OCH3 is 1. The number of nitrogens with zero attached hydrogens (tertiary/aromatic N) is 1. The molecule has 0 bridgehead atoms. The molecule has 0 heterocycles. The van der Waals surface area contributed by atoms with E-state index in [2.05, 4.69) is 4.90 Å². The van der Waals surface area contributed by atoms with E-state index in [9.17, 15) is 4.39 Å². The van der Waals surface area contributed by atoms with Crippen LogP contribution in [-0.2, 0) is 19.6 Å². The van der Waals surface area contributed by atoms with Crippen LogP contribution < -0.4 is 10.5 Å². The fourth-order valence-corrected chi connectivity index (χ4v) is 2.32. The highest BCUT2D eigenvalue weighted by Crippen LogP contribution is 2.20. The molecule has 0 saturated carbocycles. The van der Waals surface area contributed by atoms with E-state index in [4.69, 9.17) is 10.5 Å². The molecule has 0 saturated heterocycles. The lowest BCUT2D eigenvalue weighted by Crippen LogP contribution is -2.18. The lowest BCUT2D eigenvalue weighted by molar-refractivity contribution is 0.305. The molecule has 0 aliphatic rings. The molecule has 2 aromatic rings. The Morgan fingerprint density at radius 1 is 1.10 bits per heavy atom. The molecule has 2 aromatic carbocycles. The number of rotatable bonds is 6. The van der Waals surface area contributed by atoms with Crippen molar-refractivity contribution in [2.24, 2.45) is 5.73 Å². The van der Waals surface area contributed by atoms with Crippen molar-refractivity contribution in [1.82, 2.24) is 4.90 Å². The minimum absolute atomic E-state index is 0.204. The van der Waals surface area contributed by atoms with Crippen LogP contribution in [0.3, 0.4) is 0 Å². The van der Waals surface area contributed by atoms with Gasteiger partial charge in [-0.3, -0.25) is 4.90 Å². The van der Waals surface area contributed by atoms with Crippen molar-refractivity contribution in [2.45, 2.75) is 19.6 Å². The highest BCUT2D eigenvalue weighted by atomic mass is 19.1. The average Bonchev–Trinajstić information content (AvgIpc) is 2.49. The third-order valence-corrected chi connectivity index (χ3v) is 3.43. The molecule has 0 aliphatic heterocycles. The van der Waals surface area contributed by atoms with Crippen LogP contribution >= 0.6 is 0 Å². The third kappa shape index (κ3) is 4.03. The normalized spacial score (nSPS) is 10.9. The van der Waals surface area contributed by atoms with Crippen molar-refractivity contribution >= 4 is 0 Å². The predicted octanol–water partition coefficient (Wildman–Crippen LogP) is 2.93. The molecule has 4 heteroatoms. The van der Waals surface area contributed by atoms with Gasteiger partial charge in [-0.05, 0) is 24.7 Å². The molecule has 0 unspecified atom stereocenters. The Labute approximate surface area is 125 Å². The predicted molar refractivity (Wildman–Crippen MR) is 82.5 cm³/mol. The van der Waals surface area contributed by atoms with Gasteiger partial charge in [0.15, 0.2) is 0 Å². The summed E-state index contributed by atoms with van der Waals surface area (Å²) in [6.45, 7) is 1.59. The zero-order valence-corrected chi connectivity index (χ0v) is 12.5. The minimum atomic E-state index is -0.204. The number of nitrogens with two attached hydrogens (primary N) is 1. The van der Waals surface area contributed by atoms with Crippen LogP contribution in [0.25, 0.3) is 0 Å². The van der Waals surface area contributed by atoms with Crippen molar-refractivity contribution in [1.29, 1.82) is 0 Å². The number of hydrogen-bond donors (Lipinski definition) is 1. The summed E-state index contributed by atoms with van der Waals surface area (Å²) in [5.41, 5.74) is 8.08. The van der Waals surface area contributed by atoms with Crippen molar-refractivity contribution in [2.75, 3.05) is 14.2 Å². The lowest BCUT2D eigenvalue weighted by atomic mass is 10.1. The van der Waals surface area contributed by atoms with Crippen molar-refractivity contribution in [3.05, 3.63) is 65.0 Å². The second kappa shape index (κ2) is 7.20. The van der Waals surface area contributed by atoms with Gasteiger partial charge in [-0.1, -0.05) is 30.3 Å². The van der Waals surface area contributed by atoms with E-state index in [1.807, 2.05) is 37.4 Å². The summed E-state index contributed by atoms with van der Waals surface area (Å²) in [4.78, 5) is 2.05.